The third-order valence-electron chi connectivity index (χ3n) is 4.12. The standard InChI is InChI=1S/C16H14FN3O2S/c17-12-7-9(21)6-11-14(12)22-13-2-1-8(18)5-10(13)16(11)3-4-20-15(19)23-16/h1-2,5-7,21H,3-4,18H2,(H2,19,20)/t16-/m0/s1. The van der Waals surface area contributed by atoms with Gasteiger partial charge in [0.15, 0.2) is 16.7 Å². The second kappa shape index (κ2) is 4.79. The number of phenolic OH excluding ortho intramolecular Hbond substituents is 1. The minimum absolute atomic E-state index is 0.113. The van der Waals surface area contributed by atoms with Crippen LogP contribution < -0.4 is 16.2 Å². The lowest BCUT2D eigenvalue weighted by Gasteiger charge is -2.41. The van der Waals surface area contributed by atoms with Gasteiger partial charge in [-0.15, -0.1) is 0 Å². The summed E-state index contributed by atoms with van der Waals surface area (Å²) in [4.78, 5) is 4.22. The fraction of sp³-hybridized carbons (Fsp3) is 0.188. The Bertz CT molecular complexity index is 855. The maximum atomic E-state index is 14.4. The molecule has 23 heavy (non-hydrogen) atoms. The topological polar surface area (TPSA) is 93.9 Å². The van der Waals surface area contributed by atoms with Gasteiger partial charge in [-0.2, -0.15) is 0 Å². The Hall–Kier alpha value is -2.41. The van der Waals surface area contributed by atoms with E-state index in [1.54, 1.807) is 12.1 Å². The molecule has 2 aromatic rings. The maximum absolute atomic E-state index is 14.4. The first-order valence-electron chi connectivity index (χ1n) is 7.09. The van der Waals surface area contributed by atoms with Crippen molar-refractivity contribution in [2.24, 2.45) is 10.7 Å². The summed E-state index contributed by atoms with van der Waals surface area (Å²) in [7, 11) is 0. The molecule has 118 valence electrons. The Kier molecular flexibility index (Phi) is 2.96. The quantitative estimate of drug-likeness (QED) is 0.645. The number of aromatic hydroxyl groups is 1. The minimum atomic E-state index is -0.677. The molecule has 1 spiro atoms. The number of fused-ring (bicyclic) bond motifs is 4. The molecule has 0 amide bonds. The second-order valence-corrected chi connectivity index (χ2v) is 6.88. The van der Waals surface area contributed by atoms with Crippen LogP contribution in [-0.4, -0.2) is 16.8 Å². The van der Waals surface area contributed by atoms with Gasteiger partial charge in [0.25, 0.3) is 0 Å². The van der Waals surface area contributed by atoms with E-state index in [1.165, 1.54) is 17.8 Å². The molecule has 7 heteroatoms. The van der Waals surface area contributed by atoms with Gasteiger partial charge < -0.3 is 21.3 Å². The van der Waals surface area contributed by atoms with Crippen LogP contribution in [0.3, 0.4) is 0 Å². The molecule has 0 unspecified atom stereocenters. The Morgan fingerprint density at radius 2 is 2.04 bits per heavy atom. The third kappa shape index (κ3) is 2.03. The van der Waals surface area contributed by atoms with E-state index in [1.807, 2.05) is 6.07 Å². The number of anilines is 1. The van der Waals surface area contributed by atoms with Gasteiger partial charge in [-0.3, -0.25) is 4.99 Å². The summed E-state index contributed by atoms with van der Waals surface area (Å²) >= 11 is 1.34. The zero-order valence-electron chi connectivity index (χ0n) is 12.0. The normalized spacial score (nSPS) is 22.0. The highest BCUT2D eigenvalue weighted by Crippen LogP contribution is 2.58. The van der Waals surface area contributed by atoms with Crippen molar-refractivity contribution in [3.63, 3.8) is 0 Å². The van der Waals surface area contributed by atoms with Gasteiger partial charge in [-0.05, 0) is 30.7 Å². The predicted molar refractivity (Wildman–Crippen MR) is 88.5 cm³/mol. The summed E-state index contributed by atoms with van der Waals surface area (Å²) < 4.78 is 19.4. The number of rotatable bonds is 0. The van der Waals surface area contributed by atoms with Crippen molar-refractivity contribution in [3.05, 3.63) is 47.3 Å². The van der Waals surface area contributed by atoms with Crippen LogP contribution in [0.15, 0.2) is 35.3 Å². The molecule has 5 N–H and O–H groups in total. The van der Waals surface area contributed by atoms with Crippen LogP contribution in [0, 0.1) is 5.82 Å². The predicted octanol–water partition coefficient (Wildman–Crippen LogP) is 2.91. The Morgan fingerprint density at radius 3 is 2.83 bits per heavy atom. The van der Waals surface area contributed by atoms with E-state index in [0.717, 1.165) is 11.6 Å². The van der Waals surface area contributed by atoms with Crippen LogP contribution in [0.4, 0.5) is 10.1 Å². The van der Waals surface area contributed by atoms with Gasteiger partial charge in [0.05, 0.1) is 4.75 Å². The van der Waals surface area contributed by atoms with Crippen LogP contribution >= 0.6 is 11.8 Å². The van der Waals surface area contributed by atoms with Crippen molar-refractivity contribution in [2.75, 3.05) is 12.3 Å². The molecule has 0 aliphatic carbocycles. The van der Waals surface area contributed by atoms with Crippen LogP contribution in [0.2, 0.25) is 0 Å². The Labute approximate surface area is 136 Å². The zero-order chi connectivity index (χ0) is 16.2. The number of ether oxygens (including phenoxy) is 1. The van der Waals surface area contributed by atoms with Gasteiger partial charge in [-0.1, -0.05) is 11.8 Å². The van der Waals surface area contributed by atoms with E-state index in [-0.39, 0.29) is 11.5 Å². The molecule has 0 bridgehead atoms. The number of hydrogen-bond acceptors (Lipinski definition) is 6. The molecular formula is C16H14FN3O2S. The zero-order valence-corrected chi connectivity index (χ0v) is 12.9. The number of nitrogen functional groups attached to an aromatic ring is 1. The van der Waals surface area contributed by atoms with Crippen molar-refractivity contribution in [1.82, 2.24) is 0 Å². The summed E-state index contributed by atoms with van der Waals surface area (Å²) in [5.41, 5.74) is 13.8. The number of nitrogens with two attached hydrogens (primary N) is 2. The highest BCUT2D eigenvalue weighted by molar-refractivity contribution is 8.14. The molecule has 4 rings (SSSR count). The van der Waals surface area contributed by atoms with E-state index < -0.39 is 10.6 Å². The minimum Gasteiger partial charge on any atom is -0.508 e. The largest absolute Gasteiger partial charge is 0.508 e. The third-order valence-corrected chi connectivity index (χ3v) is 5.46. The molecule has 0 aromatic heterocycles. The van der Waals surface area contributed by atoms with Gasteiger partial charge in [-0.25, -0.2) is 4.39 Å². The molecule has 0 fully saturated rings. The average Bonchev–Trinajstić information content (AvgIpc) is 2.50. The summed E-state index contributed by atoms with van der Waals surface area (Å²) in [6.07, 6.45) is 0.605. The maximum Gasteiger partial charge on any atom is 0.169 e. The van der Waals surface area contributed by atoms with Gasteiger partial charge in [0.2, 0.25) is 0 Å². The summed E-state index contributed by atoms with van der Waals surface area (Å²) in [5.74, 6) is -0.109. The fourth-order valence-corrected chi connectivity index (χ4v) is 4.39. The number of halogens is 1. The number of amidine groups is 1. The van der Waals surface area contributed by atoms with E-state index in [2.05, 4.69) is 4.99 Å². The van der Waals surface area contributed by atoms with Crippen molar-refractivity contribution in [1.29, 1.82) is 0 Å². The summed E-state index contributed by atoms with van der Waals surface area (Å²) in [6.45, 7) is 0.504. The highest BCUT2D eigenvalue weighted by Gasteiger charge is 2.46. The van der Waals surface area contributed by atoms with Gasteiger partial charge >= 0.3 is 0 Å². The van der Waals surface area contributed by atoms with Gasteiger partial charge in [0, 0.05) is 29.4 Å². The first-order chi connectivity index (χ1) is 11.0. The molecule has 2 aliphatic heterocycles. The van der Waals surface area contributed by atoms with Crippen molar-refractivity contribution >= 4 is 22.6 Å². The first kappa shape index (κ1) is 14.2. The van der Waals surface area contributed by atoms with E-state index in [0.29, 0.717) is 35.1 Å². The number of hydrogen-bond donors (Lipinski definition) is 3. The smallest absolute Gasteiger partial charge is 0.169 e. The van der Waals surface area contributed by atoms with Crippen LogP contribution in [0.5, 0.6) is 17.2 Å². The van der Waals surface area contributed by atoms with Gasteiger partial charge in [0.1, 0.15) is 11.5 Å². The molecule has 2 aromatic carbocycles. The molecular weight excluding hydrogens is 317 g/mol. The van der Waals surface area contributed by atoms with E-state index in [4.69, 9.17) is 16.2 Å². The lowest BCUT2D eigenvalue weighted by molar-refractivity contribution is 0.393. The molecule has 0 saturated carbocycles. The molecule has 1 atom stereocenters. The van der Waals surface area contributed by atoms with Crippen LogP contribution in [0.1, 0.15) is 17.5 Å². The van der Waals surface area contributed by atoms with Crippen molar-refractivity contribution < 1.29 is 14.2 Å². The lowest BCUT2D eigenvalue weighted by Crippen LogP contribution is -2.35. The second-order valence-electron chi connectivity index (χ2n) is 5.56. The number of aliphatic imine (C=N–C) groups is 1. The number of benzene rings is 2. The number of phenols is 1. The molecule has 2 heterocycles. The van der Waals surface area contributed by atoms with Crippen LogP contribution in [0.25, 0.3) is 0 Å². The number of nitrogens with zero attached hydrogens (tertiary/aromatic N) is 1. The van der Waals surface area contributed by atoms with Crippen LogP contribution in [-0.2, 0) is 4.75 Å². The molecule has 2 aliphatic rings. The lowest BCUT2D eigenvalue weighted by atomic mass is 9.83. The summed E-state index contributed by atoms with van der Waals surface area (Å²) in [6, 6.07) is 7.81. The average molecular weight is 331 g/mol. The Morgan fingerprint density at radius 1 is 1.22 bits per heavy atom. The van der Waals surface area contributed by atoms with E-state index >= 15 is 0 Å². The first-order valence-corrected chi connectivity index (χ1v) is 7.91. The van der Waals surface area contributed by atoms with E-state index in [9.17, 15) is 9.50 Å². The highest BCUT2D eigenvalue weighted by atomic mass is 32.2. The molecule has 0 radical (unpaired) electrons. The Balaban J connectivity index is 2.04. The molecule has 0 saturated heterocycles. The SMILES string of the molecule is NC1=NCC[C@]2(S1)c1cc(N)ccc1Oc1c(F)cc(O)cc12. The number of thioether (sulfide) groups is 1. The monoisotopic (exact) mass is 331 g/mol. The molecule has 5 nitrogen and oxygen atoms in total. The van der Waals surface area contributed by atoms with Crippen molar-refractivity contribution in [2.45, 2.75) is 11.2 Å². The summed E-state index contributed by atoms with van der Waals surface area (Å²) in [5, 5.41) is 10.3. The fourth-order valence-electron chi connectivity index (χ4n) is 3.15. The van der Waals surface area contributed by atoms with Crippen molar-refractivity contribution in [3.8, 4) is 17.2 Å².